The minimum absolute atomic E-state index is 0.0330. The molecule has 1 fully saturated rings. The van der Waals surface area contributed by atoms with E-state index in [4.69, 9.17) is 9.15 Å². The Bertz CT molecular complexity index is 1400. The predicted octanol–water partition coefficient (Wildman–Crippen LogP) is 5.95. The summed E-state index contributed by atoms with van der Waals surface area (Å²) in [6, 6.07) is 18.3. The first-order valence-corrected chi connectivity index (χ1v) is 12.9. The maximum atomic E-state index is 13.3. The van der Waals surface area contributed by atoms with E-state index in [-0.39, 0.29) is 5.91 Å². The normalized spacial score (nSPS) is 14.8. The molecule has 0 N–H and O–H groups in total. The largest absolute Gasteiger partial charge is 0.493 e. The van der Waals surface area contributed by atoms with Crippen LogP contribution in [0.4, 0.5) is 0 Å². The van der Waals surface area contributed by atoms with Gasteiger partial charge in [-0.3, -0.25) is 14.7 Å². The highest BCUT2D eigenvalue weighted by Gasteiger charge is 2.22. The molecule has 0 spiro atoms. The van der Waals surface area contributed by atoms with Crippen molar-refractivity contribution in [2.45, 2.75) is 27.3 Å². The zero-order valence-corrected chi connectivity index (χ0v) is 21.7. The van der Waals surface area contributed by atoms with Crippen LogP contribution in [0.15, 0.2) is 77.6 Å². The fourth-order valence-corrected chi connectivity index (χ4v) is 4.98. The molecule has 0 aliphatic carbocycles. The molecule has 2 aromatic heterocycles. The molecule has 6 heteroatoms. The number of pyridine rings is 1. The van der Waals surface area contributed by atoms with E-state index in [0.717, 1.165) is 69.9 Å². The van der Waals surface area contributed by atoms with Gasteiger partial charge in [0.05, 0.1) is 18.6 Å². The van der Waals surface area contributed by atoms with Gasteiger partial charge < -0.3 is 14.1 Å². The molecule has 0 radical (unpaired) electrons. The summed E-state index contributed by atoms with van der Waals surface area (Å²) in [5, 5.41) is 1.02. The van der Waals surface area contributed by atoms with Gasteiger partial charge >= 0.3 is 0 Å². The number of carbonyl (C=O) groups is 1. The lowest BCUT2D eigenvalue weighted by atomic mass is 9.96. The monoisotopic (exact) mass is 495 g/mol. The maximum Gasteiger partial charge on any atom is 0.246 e. The van der Waals surface area contributed by atoms with Crippen LogP contribution in [0.1, 0.15) is 30.7 Å². The van der Waals surface area contributed by atoms with Gasteiger partial charge in [0, 0.05) is 67.1 Å². The maximum absolute atomic E-state index is 13.3. The molecular formula is C31H33N3O3. The Labute approximate surface area is 218 Å². The summed E-state index contributed by atoms with van der Waals surface area (Å²) < 4.78 is 12.1. The van der Waals surface area contributed by atoms with Crippen LogP contribution in [0, 0.1) is 6.92 Å². The molecule has 1 aliphatic heterocycles. The van der Waals surface area contributed by atoms with Crippen molar-refractivity contribution in [1.82, 2.24) is 14.8 Å². The van der Waals surface area contributed by atoms with Gasteiger partial charge in [0.15, 0.2) is 0 Å². The number of nitrogens with zero attached hydrogens (tertiary/aromatic N) is 3. The smallest absolute Gasteiger partial charge is 0.246 e. The highest BCUT2D eigenvalue weighted by molar-refractivity contribution is 6.01. The number of amides is 1. The summed E-state index contributed by atoms with van der Waals surface area (Å²) in [4.78, 5) is 22.0. The van der Waals surface area contributed by atoms with Crippen LogP contribution >= 0.6 is 0 Å². The summed E-state index contributed by atoms with van der Waals surface area (Å²) in [5.74, 6) is 0.802. The topological polar surface area (TPSA) is 58.8 Å². The first kappa shape index (κ1) is 24.8. The van der Waals surface area contributed by atoms with Crippen molar-refractivity contribution in [3.05, 3.63) is 90.0 Å². The van der Waals surface area contributed by atoms with E-state index < -0.39 is 0 Å². The Hall–Kier alpha value is -3.90. The molecule has 4 aromatic rings. The van der Waals surface area contributed by atoms with Crippen molar-refractivity contribution in [3.63, 3.8) is 0 Å². The van der Waals surface area contributed by atoms with E-state index in [2.05, 4.69) is 28.1 Å². The minimum atomic E-state index is 0.0330. The van der Waals surface area contributed by atoms with Gasteiger partial charge in [-0.25, -0.2) is 0 Å². The zero-order valence-electron chi connectivity index (χ0n) is 21.7. The number of aryl methyl sites for hydroxylation is 1. The van der Waals surface area contributed by atoms with Crippen molar-refractivity contribution in [3.8, 4) is 16.9 Å². The number of aromatic nitrogens is 1. The van der Waals surface area contributed by atoms with Crippen molar-refractivity contribution in [2.75, 3.05) is 32.8 Å². The van der Waals surface area contributed by atoms with Gasteiger partial charge in [-0.1, -0.05) is 36.4 Å². The molecule has 1 aliphatic rings. The number of fused-ring (bicyclic) bond motifs is 1. The van der Waals surface area contributed by atoms with E-state index in [0.29, 0.717) is 19.7 Å². The molecule has 5 rings (SSSR count). The van der Waals surface area contributed by atoms with E-state index in [1.165, 1.54) is 0 Å². The van der Waals surface area contributed by atoms with E-state index in [1.807, 2.05) is 68.3 Å². The average Bonchev–Trinajstić information content (AvgIpc) is 3.36. The van der Waals surface area contributed by atoms with Crippen molar-refractivity contribution >= 4 is 22.4 Å². The summed E-state index contributed by atoms with van der Waals surface area (Å²) in [6.45, 7) is 10.4. The first-order chi connectivity index (χ1) is 18.0. The zero-order chi connectivity index (χ0) is 25.8. The number of hydrogen-bond acceptors (Lipinski definition) is 5. The van der Waals surface area contributed by atoms with Crippen LogP contribution in [0.5, 0.6) is 5.75 Å². The highest BCUT2D eigenvalue weighted by atomic mass is 16.5. The van der Waals surface area contributed by atoms with Crippen LogP contribution in [-0.4, -0.2) is 53.5 Å². The molecule has 3 heterocycles. The van der Waals surface area contributed by atoms with Gasteiger partial charge in [-0.15, -0.1) is 0 Å². The quantitative estimate of drug-likeness (QED) is 0.297. The van der Waals surface area contributed by atoms with Crippen molar-refractivity contribution in [2.24, 2.45) is 0 Å². The second kappa shape index (κ2) is 11.0. The van der Waals surface area contributed by atoms with Crippen LogP contribution < -0.4 is 4.74 Å². The average molecular weight is 496 g/mol. The lowest BCUT2D eigenvalue weighted by Crippen LogP contribution is -2.47. The Balaban J connectivity index is 1.39. The number of ether oxygens (including phenoxy) is 1. The van der Waals surface area contributed by atoms with Gasteiger partial charge in [0.1, 0.15) is 11.3 Å². The molecule has 190 valence electrons. The Morgan fingerprint density at radius 3 is 2.54 bits per heavy atom. The van der Waals surface area contributed by atoms with Gasteiger partial charge in [0.2, 0.25) is 5.91 Å². The Kier molecular flexibility index (Phi) is 7.37. The number of piperazine rings is 1. The minimum Gasteiger partial charge on any atom is -0.493 e. The number of allylic oxidation sites excluding steroid dienone is 1. The number of hydrogen-bond donors (Lipinski definition) is 0. The molecule has 0 atom stereocenters. The molecule has 6 nitrogen and oxygen atoms in total. The summed E-state index contributed by atoms with van der Waals surface area (Å²) >= 11 is 0. The fourth-order valence-electron chi connectivity index (χ4n) is 4.98. The molecule has 2 aromatic carbocycles. The summed E-state index contributed by atoms with van der Waals surface area (Å²) in [5.41, 5.74) is 6.75. The van der Waals surface area contributed by atoms with Gasteiger partial charge in [-0.05, 0) is 50.1 Å². The molecule has 1 saturated heterocycles. The van der Waals surface area contributed by atoms with Crippen LogP contribution in [0.2, 0.25) is 0 Å². The van der Waals surface area contributed by atoms with Crippen molar-refractivity contribution < 1.29 is 13.9 Å². The van der Waals surface area contributed by atoms with Crippen LogP contribution in [0.3, 0.4) is 0 Å². The second-order valence-corrected chi connectivity index (χ2v) is 9.45. The van der Waals surface area contributed by atoms with Crippen molar-refractivity contribution in [1.29, 1.82) is 0 Å². The lowest BCUT2D eigenvalue weighted by molar-refractivity contribution is -0.127. The molecule has 1 amide bonds. The standard InChI is InChI=1S/C31H33N3O3/c1-4-36-30-23(3)31-27(28(21-37-31)24-10-6-5-7-11-24)19-26(30)22(2)18-29(35)34-16-14-33(15-17-34)20-25-12-8-9-13-32-25/h5-13,18-19,21H,4,14-17,20H2,1-3H3/b22-18+. The van der Waals surface area contributed by atoms with Gasteiger partial charge in [0.25, 0.3) is 0 Å². The Morgan fingerprint density at radius 2 is 1.84 bits per heavy atom. The first-order valence-electron chi connectivity index (χ1n) is 12.9. The molecular weight excluding hydrogens is 462 g/mol. The third-order valence-corrected chi connectivity index (χ3v) is 6.98. The second-order valence-electron chi connectivity index (χ2n) is 9.45. The summed E-state index contributed by atoms with van der Waals surface area (Å²) in [6.07, 6.45) is 5.38. The number of furan rings is 1. The lowest BCUT2D eigenvalue weighted by Gasteiger charge is -2.34. The van der Waals surface area contributed by atoms with E-state index in [1.54, 1.807) is 12.3 Å². The molecule has 0 unspecified atom stereocenters. The van der Waals surface area contributed by atoms with E-state index >= 15 is 0 Å². The van der Waals surface area contributed by atoms with Gasteiger partial charge in [-0.2, -0.15) is 0 Å². The number of benzene rings is 2. The molecule has 37 heavy (non-hydrogen) atoms. The third-order valence-electron chi connectivity index (χ3n) is 6.98. The molecule has 0 bridgehead atoms. The third kappa shape index (κ3) is 5.30. The Morgan fingerprint density at radius 1 is 1.08 bits per heavy atom. The van der Waals surface area contributed by atoms with E-state index in [9.17, 15) is 4.79 Å². The molecule has 0 saturated carbocycles. The van der Waals surface area contributed by atoms with Crippen LogP contribution in [0.25, 0.3) is 27.7 Å². The number of carbonyl (C=O) groups excluding carboxylic acids is 1. The SMILES string of the molecule is CCOc1c(/C(C)=C/C(=O)N2CCN(Cc3ccccn3)CC2)cc2c(-c3ccccc3)coc2c1C. The predicted molar refractivity (Wildman–Crippen MR) is 147 cm³/mol. The fraction of sp³-hybridized carbons (Fsp3) is 0.290. The number of rotatable bonds is 7. The summed E-state index contributed by atoms with van der Waals surface area (Å²) in [7, 11) is 0. The highest BCUT2D eigenvalue weighted by Crippen LogP contribution is 2.40. The van der Waals surface area contributed by atoms with Crippen LogP contribution in [-0.2, 0) is 11.3 Å².